The smallest absolute Gasteiger partial charge is 0.119 e. The number of nitrogens with two attached hydrogens (primary N) is 1. The lowest BCUT2D eigenvalue weighted by atomic mass is 9.85. The van der Waals surface area contributed by atoms with Gasteiger partial charge >= 0.3 is 0 Å². The molecular formula is C18H28N2O. The van der Waals surface area contributed by atoms with Crippen LogP contribution in [0.3, 0.4) is 0 Å². The van der Waals surface area contributed by atoms with E-state index in [9.17, 15) is 0 Å². The number of rotatable bonds is 3. The van der Waals surface area contributed by atoms with Crippen LogP contribution in [0.25, 0.3) is 0 Å². The largest absolute Gasteiger partial charge is 0.497 e. The topological polar surface area (TPSA) is 38.5 Å². The molecule has 1 aliphatic heterocycles. The monoisotopic (exact) mass is 288 g/mol. The molecular weight excluding hydrogens is 260 g/mol. The summed E-state index contributed by atoms with van der Waals surface area (Å²) in [7, 11) is 1.74. The summed E-state index contributed by atoms with van der Waals surface area (Å²) in [5.41, 5.74) is 7.74. The van der Waals surface area contributed by atoms with Crippen LogP contribution in [0.15, 0.2) is 24.3 Å². The fourth-order valence-electron chi connectivity index (χ4n) is 4.05. The maximum atomic E-state index is 6.36. The SMILES string of the molecule is COc1cccc(C2CC(N)CN(C3CCCCC3)C2)c1. The zero-order valence-corrected chi connectivity index (χ0v) is 13.1. The van der Waals surface area contributed by atoms with Gasteiger partial charge in [-0.1, -0.05) is 31.4 Å². The molecule has 0 radical (unpaired) electrons. The molecule has 0 spiro atoms. The van der Waals surface area contributed by atoms with E-state index in [2.05, 4.69) is 23.1 Å². The molecule has 1 aliphatic carbocycles. The number of likely N-dealkylation sites (tertiary alicyclic amines) is 1. The second-order valence-corrected chi connectivity index (χ2v) is 6.72. The summed E-state index contributed by atoms with van der Waals surface area (Å²) in [5, 5.41) is 0. The minimum absolute atomic E-state index is 0.303. The van der Waals surface area contributed by atoms with Crippen molar-refractivity contribution in [3.8, 4) is 5.75 Å². The quantitative estimate of drug-likeness (QED) is 0.928. The van der Waals surface area contributed by atoms with Crippen molar-refractivity contribution in [3.63, 3.8) is 0 Å². The van der Waals surface area contributed by atoms with E-state index in [-0.39, 0.29) is 0 Å². The molecule has 1 saturated carbocycles. The Balaban J connectivity index is 1.72. The van der Waals surface area contributed by atoms with Gasteiger partial charge in [0.15, 0.2) is 0 Å². The molecule has 3 rings (SSSR count). The maximum Gasteiger partial charge on any atom is 0.119 e. The molecule has 1 aromatic rings. The van der Waals surface area contributed by atoms with Gasteiger partial charge in [-0.2, -0.15) is 0 Å². The predicted molar refractivity (Wildman–Crippen MR) is 86.8 cm³/mol. The third-order valence-corrected chi connectivity index (χ3v) is 5.17. The first kappa shape index (κ1) is 14.9. The van der Waals surface area contributed by atoms with Gasteiger partial charge in [0.1, 0.15) is 5.75 Å². The molecule has 2 atom stereocenters. The summed E-state index contributed by atoms with van der Waals surface area (Å²) < 4.78 is 5.37. The van der Waals surface area contributed by atoms with Crippen LogP contribution in [-0.4, -0.2) is 37.2 Å². The Bertz CT molecular complexity index is 456. The highest BCUT2D eigenvalue weighted by atomic mass is 16.5. The van der Waals surface area contributed by atoms with Crippen molar-refractivity contribution in [3.05, 3.63) is 29.8 Å². The molecule has 1 heterocycles. The molecule has 0 bridgehead atoms. The maximum absolute atomic E-state index is 6.36. The summed E-state index contributed by atoms with van der Waals surface area (Å²) in [5.74, 6) is 1.50. The molecule has 3 heteroatoms. The van der Waals surface area contributed by atoms with Gasteiger partial charge in [0.25, 0.3) is 0 Å². The van der Waals surface area contributed by atoms with Crippen LogP contribution in [-0.2, 0) is 0 Å². The number of nitrogens with zero attached hydrogens (tertiary/aromatic N) is 1. The van der Waals surface area contributed by atoms with Crippen LogP contribution in [0, 0.1) is 0 Å². The van der Waals surface area contributed by atoms with E-state index >= 15 is 0 Å². The van der Waals surface area contributed by atoms with Gasteiger partial charge in [-0.25, -0.2) is 0 Å². The van der Waals surface area contributed by atoms with E-state index in [0.717, 1.165) is 31.3 Å². The average molecular weight is 288 g/mol. The van der Waals surface area contributed by atoms with Gasteiger partial charge in [-0.3, -0.25) is 4.90 Å². The fourth-order valence-corrected chi connectivity index (χ4v) is 4.05. The van der Waals surface area contributed by atoms with Crippen LogP contribution >= 0.6 is 0 Å². The molecule has 2 unspecified atom stereocenters. The van der Waals surface area contributed by atoms with E-state index in [4.69, 9.17) is 10.5 Å². The minimum atomic E-state index is 0.303. The van der Waals surface area contributed by atoms with Crippen LogP contribution in [0.5, 0.6) is 5.75 Å². The Morgan fingerprint density at radius 2 is 1.95 bits per heavy atom. The Kier molecular flexibility index (Phi) is 4.81. The highest BCUT2D eigenvalue weighted by Crippen LogP contribution is 2.32. The third-order valence-electron chi connectivity index (χ3n) is 5.17. The first-order valence-electron chi connectivity index (χ1n) is 8.40. The Morgan fingerprint density at radius 3 is 2.71 bits per heavy atom. The van der Waals surface area contributed by atoms with Crippen LogP contribution in [0.4, 0.5) is 0 Å². The second kappa shape index (κ2) is 6.80. The van der Waals surface area contributed by atoms with E-state index in [1.165, 1.54) is 37.7 Å². The normalized spacial score (nSPS) is 28.5. The lowest BCUT2D eigenvalue weighted by Gasteiger charge is -2.42. The van der Waals surface area contributed by atoms with Crippen molar-refractivity contribution in [2.75, 3.05) is 20.2 Å². The second-order valence-electron chi connectivity index (χ2n) is 6.72. The van der Waals surface area contributed by atoms with Crippen molar-refractivity contribution >= 4 is 0 Å². The summed E-state index contributed by atoms with van der Waals surface area (Å²) in [6.07, 6.45) is 8.00. The molecule has 2 N–H and O–H groups in total. The highest BCUT2D eigenvalue weighted by Gasteiger charge is 2.31. The van der Waals surface area contributed by atoms with E-state index in [1.807, 2.05) is 6.07 Å². The predicted octanol–water partition coefficient (Wildman–Crippen LogP) is 3.14. The first-order chi connectivity index (χ1) is 10.3. The van der Waals surface area contributed by atoms with Crippen LogP contribution in [0.2, 0.25) is 0 Å². The van der Waals surface area contributed by atoms with Crippen LogP contribution < -0.4 is 10.5 Å². The standard InChI is InChI=1S/C18H28N2O/c1-21-18-9-5-6-14(11-18)15-10-16(19)13-20(12-15)17-7-3-2-4-8-17/h5-6,9,11,15-17H,2-4,7-8,10,12-13,19H2,1H3. The summed E-state index contributed by atoms with van der Waals surface area (Å²) in [6.45, 7) is 2.23. The number of ether oxygens (including phenoxy) is 1. The van der Waals surface area contributed by atoms with Crippen molar-refractivity contribution in [1.29, 1.82) is 0 Å². The summed E-state index contributed by atoms with van der Waals surface area (Å²) in [6, 6.07) is 9.59. The molecule has 1 aromatic carbocycles. The van der Waals surface area contributed by atoms with E-state index in [0.29, 0.717) is 12.0 Å². The number of benzene rings is 1. The molecule has 0 aromatic heterocycles. The summed E-state index contributed by atoms with van der Waals surface area (Å²) >= 11 is 0. The first-order valence-corrected chi connectivity index (χ1v) is 8.40. The van der Waals surface area contributed by atoms with Gasteiger partial charge in [-0.15, -0.1) is 0 Å². The highest BCUT2D eigenvalue weighted by molar-refractivity contribution is 5.31. The van der Waals surface area contributed by atoms with Gasteiger partial charge in [-0.05, 0) is 42.9 Å². The number of piperidine rings is 1. The number of methoxy groups -OCH3 is 1. The zero-order valence-electron chi connectivity index (χ0n) is 13.1. The molecule has 21 heavy (non-hydrogen) atoms. The lowest BCUT2D eigenvalue weighted by Crippen LogP contribution is -2.50. The summed E-state index contributed by atoms with van der Waals surface area (Å²) in [4.78, 5) is 2.66. The number of hydrogen-bond acceptors (Lipinski definition) is 3. The van der Waals surface area contributed by atoms with Gasteiger partial charge in [0, 0.05) is 25.2 Å². The lowest BCUT2D eigenvalue weighted by molar-refractivity contribution is 0.107. The molecule has 116 valence electrons. The molecule has 3 nitrogen and oxygen atoms in total. The number of hydrogen-bond donors (Lipinski definition) is 1. The van der Waals surface area contributed by atoms with Crippen molar-refractivity contribution in [1.82, 2.24) is 4.90 Å². The fraction of sp³-hybridized carbons (Fsp3) is 0.667. The zero-order chi connectivity index (χ0) is 14.7. The van der Waals surface area contributed by atoms with Crippen molar-refractivity contribution in [2.24, 2.45) is 5.73 Å². The van der Waals surface area contributed by atoms with E-state index < -0.39 is 0 Å². The molecule has 2 aliphatic rings. The van der Waals surface area contributed by atoms with Crippen molar-refractivity contribution in [2.45, 2.75) is 56.5 Å². The Labute approximate surface area is 128 Å². The van der Waals surface area contributed by atoms with Gasteiger partial charge in [0.05, 0.1) is 7.11 Å². The third kappa shape index (κ3) is 3.58. The molecule has 0 amide bonds. The van der Waals surface area contributed by atoms with Crippen LogP contribution in [0.1, 0.15) is 50.0 Å². The van der Waals surface area contributed by atoms with Gasteiger partial charge < -0.3 is 10.5 Å². The Morgan fingerprint density at radius 1 is 1.14 bits per heavy atom. The van der Waals surface area contributed by atoms with E-state index in [1.54, 1.807) is 7.11 Å². The molecule has 1 saturated heterocycles. The van der Waals surface area contributed by atoms with Gasteiger partial charge in [0.2, 0.25) is 0 Å². The minimum Gasteiger partial charge on any atom is -0.497 e. The van der Waals surface area contributed by atoms with Crippen molar-refractivity contribution < 1.29 is 4.74 Å². The molecule has 2 fully saturated rings. The Hall–Kier alpha value is -1.06. The average Bonchev–Trinajstić information content (AvgIpc) is 2.55.